The van der Waals surface area contributed by atoms with Gasteiger partial charge in [0, 0.05) is 0 Å². The van der Waals surface area contributed by atoms with E-state index in [0.29, 0.717) is 42.1 Å². The third-order valence-corrected chi connectivity index (χ3v) is 4.71. The van der Waals surface area contributed by atoms with Gasteiger partial charge in [0.2, 0.25) is 5.75 Å². The summed E-state index contributed by atoms with van der Waals surface area (Å²) in [4.78, 5) is 12.6. The van der Waals surface area contributed by atoms with Gasteiger partial charge in [0.1, 0.15) is 6.61 Å². The highest BCUT2D eigenvalue weighted by atomic mass is 16.5. The van der Waals surface area contributed by atoms with Crippen molar-refractivity contribution in [3.05, 3.63) is 64.1 Å². The standard InChI is InChI=1S/C26H34O5/c1-6-7-8-9-17-30-25-24(28-5)21-14-11-15-22(23(21)31-26(25)27)29-18-16-20(4)13-10-12-19(2)3/h7-8,11-12,14-16H,6,9-10,13,17-18H2,1-5H3/b8-7+,20-16+. The van der Waals surface area contributed by atoms with Crippen molar-refractivity contribution in [1.82, 2.24) is 0 Å². The van der Waals surface area contributed by atoms with E-state index in [4.69, 9.17) is 18.6 Å². The van der Waals surface area contributed by atoms with Gasteiger partial charge in [-0.3, -0.25) is 0 Å². The molecule has 0 saturated carbocycles. The van der Waals surface area contributed by atoms with Crippen LogP contribution in [0, 0.1) is 0 Å². The molecule has 0 atom stereocenters. The number of para-hydroxylation sites is 1. The van der Waals surface area contributed by atoms with E-state index in [9.17, 15) is 4.79 Å². The van der Waals surface area contributed by atoms with Gasteiger partial charge in [-0.15, -0.1) is 0 Å². The molecule has 1 heterocycles. The zero-order valence-electron chi connectivity index (χ0n) is 19.3. The first-order valence-corrected chi connectivity index (χ1v) is 10.8. The average molecular weight is 427 g/mol. The topological polar surface area (TPSA) is 57.9 Å². The lowest BCUT2D eigenvalue weighted by atomic mass is 10.1. The van der Waals surface area contributed by atoms with Crippen molar-refractivity contribution in [3.63, 3.8) is 0 Å². The van der Waals surface area contributed by atoms with Crippen LogP contribution in [0.15, 0.2) is 62.9 Å². The molecule has 0 aliphatic heterocycles. The van der Waals surface area contributed by atoms with Crippen LogP contribution in [0.25, 0.3) is 11.0 Å². The van der Waals surface area contributed by atoms with E-state index in [0.717, 1.165) is 19.3 Å². The van der Waals surface area contributed by atoms with E-state index < -0.39 is 5.63 Å². The number of hydrogen-bond donors (Lipinski definition) is 0. The minimum atomic E-state index is -0.576. The number of fused-ring (bicyclic) bond motifs is 1. The summed E-state index contributed by atoms with van der Waals surface area (Å²) in [6.07, 6.45) is 12.0. The lowest BCUT2D eigenvalue weighted by molar-refractivity contribution is 0.284. The molecule has 2 rings (SSSR count). The Balaban J connectivity index is 2.18. The lowest BCUT2D eigenvalue weighted by Crippen LogP contribution is -2.10. The van der Waals surface area contributed by atoms with Gasteiger partial charge in [-0.25, -0.2) is 4.79 Å². The molecule has 5 nitrogen and oxygen atoms in total. The molecule has 2 aromatic rings. The van der Waals surface area contributed by atoms with Crippen LogP contribution in [0.3, 0.4) is 0 Å². The number of rotatable bonds is 12. The molecule has 0 aliphatic rings. The Labute approximate surface area is 185 Å². The summed E-state index contributed by atoms with van der Waals surface area (Å²) in [5.41, 5.74) is 2.36. The number of allylic oxidation sites excluding steroid dienone is 4. The fourth-order valence-corrected chi connectivity index (χ4v) is 3.07. The second-order valence-corrected chi connectivity index (χ2v) is 7.58. The Hall–Kier alpha value is -2.95. The van der Waals surface area contributed by atoms with Crippen LogP contribution in [0.4, 0.5) is 0 Å². The van der Waals surface area contributed by atoms with E-state index in [1.54, 1.807) is 6.07 Å². The van der Waals surface area contributed by atoms with Crippen molar-refractivity contribution < 1.29 is 18.6 Å². The summed E-state index contributed by atoms with van der Waals surface area (Å²) < 4.78 is 22.7. The molecular weight excluding hydrogens is 392 g/mol. The number of hydrogen-bond acceptors (Lipinski definition) is 5. The predicted octanol–water partition coefficient (Wildman–Crippen LogP) is 6.61. The Morgan fingerprint density at radius 3 is 2.55 bits per heavy atom. The smallest absolute Gasteiger partial charge is 0.383 e. The summed E-state index contributed by atoms with van der Waals surface area (Å²) in [6, 6.07) is 5.46. The second kappa shape index (κ2) is 12.7. The molecule has 0 fully saturated rings. The van der Waals surface area contributed by atoms with Crippen molar-refractivity contribution in [2.45, 2.75) is 53.4 Å². The summed E-state index contributed by atoms with van der Waals surface area (Å²) >= 11 is 0. The summed E-state index contributed by atoms with van der Waals surface area (Å²) in [7, 11) is 1.52. The van der Waals surface area contributed by atoms with Crippen LogP contribution in [-0.2, 0) is 0 Å². The summed E-state index contributed by atoms with van der Waals surface area (Å²) in [6.45, 7) is 9.13. The van der Waals surface area contributed by atoms with Crippen molar-refractivity contribution in [2.24, 2.45) is 0 Å². The molecule has 0 bridgehead atoms. The quantitative estimate of drug-likeness (QED) is 0.217. The normalized spacial score (nSPS) is 11.7. The SMILES string of the molecule is CC/C=C/CCOc1c(OC)c2cccc(OC/C=C(\C)CCC=C(C)C)c2oc1=O. The zero-order valence-corrected chi connectivity index (χ0v) is 19.3. The Kier molecular flexibility index (Phi) is 9.95. The molecule has 0 saturated heterocycles. The maximum absolute atomic E-state index is 12.6. The van der Waals surface area contributed by atoms with E-state index in [2.05, 4.69) is 39.8 Å². The highest BCUT2D eigenvalue weighted by Crippen LogP contribution is 2.36. The van der Waals surface area contributed by atoms with Crippen LogP contribution < -0.4 is 19.8 Å². The molecule has 1 aromatic carbocycles. The largest absolute Gasteiger partial charge is 0.492 e. The first kappa shape index (κ1) is 24.3. The number of benzene rings is 1. The van der Waals surface area contributed by atoms with Gasteiger partial charge >= 0.3 is 5.63 Å². The Bertz CT molecular complexity index is 991. The minimum absolute atomic E-state index is 0.0899. The molecule has 0 amide bonds. The fraction of sp³-hybridized carbons (Fsp3) is 0.423. The van der Waals surface area contributed by atoms with E-state index in [1.807, 2.05) is 24.3 Å². The molecule has 31 heavy (non-hydrogen) atoms. The maximum Gasteiger partial charge on any atom is 0.383 e. The van der Waals surface area contributed by atoms with Crippen molar-refractivity contribution >= 4 is 11.0 Å². The summed E-state index contributed by atoms with van der Waals surface area (Å²) in [5.74, 6) is 0.954. The fourth-order valence-electron chi connectivity index (χ4n) is 3.07. The highest BCUT2D eigenvalue weighted by Gasteiger charge is 2.19. The first-order chi connectivity index (χ1) is 15.0. The van der Waals surface area contributed by atoms with Gasteiger partial charge in [-0.2, -0.15) is 0 Å². The van der Waals surface area contributed by atoms with Crippen LogP contribution >= 0.6 is 0 Å². The highest BCUT2D eigenvalue weighted by molar-refractivity contribution is 5.89. The Morgan fingerprint density at radius 1 is 1.03 bits per heavy atom. The van der Waals surface area contributed by atoms with E-state index in [1.165, 1.54) is 18.3 Å². The first-order valence-electron chi connectivity index (χ1n) is 10.8. The van der Waals surface area contributed by atoms with Gasteiger partial charge in [0.25, 0.3) is 0 Å². The van der Waals surface area contributed by atoms with E-state index >= 15 is 0 Å². The van der Waals surface area contributed by atoms with Crippen LogP contribution in [0.1, 0.15) is 53.4 Å². The minimum Gasteiger partial charge on any atom is -0.492 e. The predicted molar refractivity (Wildman–Crippen MR) is 126 cm³/mol. The van der Waals surface area contributed by atoms with Crippen LogP contribution in [0.2, 0.25) is 0 Å². The van der Waals surface area contributed by atoms with Gasteiger partial charge in [0.05, 0.1) is 19.1 Å². The molecular formula is C26H34O5. The lowest BCUT2D eigenvalue weighted by Gasteiger charge is -2.13. The molecule has 168 valence electrons. The third-order valence-electron chi connectivity index (χ3n) is 4.71. The second-order valence-electron chi connectivity index (χ2n) is 7.58. The van der Waals surface area contributed by atoms with Crippen LogP contribution in [0.5, 0.6) is 17.2 Å². The van der Waals surface area contributed by atoms with Gasteiger partial charge < -0.3 is 18.6 Å². The molecule has 0 spiro atoms. The van der Waals surface area contributed by atoms with Crippen molar-refractivity contribution in [1.29, 1.82) is 0 Å². The Morgan fingerprint density at radius 2 is 1.84 bits per heavy atom. The van der Waals surface area contributed by atoms with Crippen molar-refractivity contribution in [3.8, 4) is 17.2 Å². The van der Waals surface area contributed by atoms with Gasteiger partial charge in [0.15, 0.2) is 17.1 Å². The molecule has 5 heteroatoms. The number of ether oxygens (including phenoxy) is 3. The number of methoxy groups -OCH3 is 1. The third kappa shape index (κ3) is 7.35. The van der Waals surface area contributed by atoms with Gasteiger partial charge in [-0.1, -0.05) is 42.4 Å². The summed E-state index contributed by atoms with van der Waals surface area (Å²) in [5, 5.41) is 0.642. The maximum atomic E-state index is 12.6. The van der Waals surface area contributed by atoms with E-state index in [-0.39, 0.29) is 5.75 Å². The molecule has 0 aliphatic carbocycles. The van der Waals surface area contributed by atoms with Crippen molar-refractivity contribution in [2.75, 3.05) is 20.3 Å². The molecule has 0 radical (unpaired) electrons. The molecule has 0 N–H and O–H groups in total. The van der Waals surface area contributed by atoms with Gasteiger partial charge in [-0.05, 0) is 64.7 Å². The van der Waals surface area contributed by atoms with Crippen LogP contribution in [-0.4, -0.2) is 20.3 Å². The zero-order chi connectivity index (χ0) is 22.6. The average Bonchev–Trinajstić information content (AvgIpc) is 2.73. The molecule has 0 unspecified atom stereocenters. The molecule has 1 aromatic heterocycles. The monoisotopic (exact) mass is 426 g/mol.